The van der Waals surface area contributed by atoms with Gasteiger partial charge in [-0.2, -0.15) is 0 Å². The van der Waals surface area contributed by atoms with Crippen LogP contribution in [0.3, 0.4) is 0 Å². The Morgan fingerprint density at radius 2 is 2.29 bits per heavy atom. The van der Waals surface area contributed by atoms with E-state index in [1.807, 2.05) is 24.6 Å². The Labute approximate surface area is 112 Å². The third kappa shape index (κ3) is 2.65. The molecule has 0 saturated heterocycles. The Morgan fingerprint density at radius 3 is 2.88 bits per heavy atom. The third-order valence-electron chi connectivity index (χ3n) is 2.18. The third-order valence-corrected chi connectivity index (χ3v) is 3.88. The Morgan fingerprint density at radius 1 is 1.47 bits per heavy atom. The topological polar surface area (TPSA) is 47.0 Å². The molecule has 0 aliphatic heterocycles. The van der Waals surface area contributed by atoms with Gasteiger partial charge in [0.2, 0.25) is 0 Å². The van der Waals surface area contributed by atoms with Crippen molar-refractivity contribution in [1.29, 1.82) is 0 Å². The molecule has 2 rings (SSSR count). The summed E-state index contributed by atoms with van der Waals surface area (Å²) in [4.78, 5) is 10.0. The number of nitrogens with one attached hydrogen (secondary N) is 1. The smallest absolute Gasteiger partial charge is 0.172 e. The maximum Gasteiger partial charge on any atom is 0.172 e. The summed E-state index contributed by atoms with van der Waals surface area (Å²) in [6.45, 7) is 0.455. The van der Waals surface area contributed by atoms with Gasteiger partial charge < -0.3 is 10.1 Å². The Hall–Kier alpha value is -0.980. The monoisotopic (exact) mass is 313 g/mol. The highest BCUT2D eigenvalue weighted by molar-refractivity contribution is 9.10. The maximum atomic E-state index is 5.14. The van der Waals surface area contributed by atoms with Gasteiger partial charge in [0, 0.05) is 14.2 Å². The normalized spacial score (nSPS) is 10.5. The predicted molar refractivity (Wildman–Crippen MR) is 73.3 cm³/mol. The van der Waals surface area contributed by atoms with Crippen LogP contribution in [0.5, 0.6) is 0 Å². The van der Waals surface area contributed by atoms with Crippen molar-refractivity contribution in [2.24, 2.45) is 0 Å². The lowest BCUT2D eigenvalue weighted by Gasteiger charge is -2.09. The fourth-order valence-electron chi connectivity index (χ4n) is 1.41. The second-order valence-electron chi connectivity index (χ2n) is 3.32. The van der Waals surface area contributed by atoms with Crippen molar-refractivity contribution >= 4 is 33.1 Å². The summed E-state index contributed by atoms with van der Waals surface area (Å²) in [7, 11) is 3.49. The first-order valence-corrected chi connectivity index (χ1v) is 6.70. The minimum absolute atomic E-state index is 0.455. The van der Waals surface area contributed by atoms with E-state index in [1.165, 1.54) is 0 Å². The van der Waals surface area contributed by atoms with Gasteiger partial charge in [-0.3, -0.25) is 0 Å². The van der Waals surface area contributed by atoms with E-state index in [2.05, 4.69) is 31.2 Å². The van der Waals surface area contributed by atoms with E-state index < -0.39 is 0 Å². The number of methoxy groups -OCH3 is 1. The molecule has 4 nitrogen and oxygen atoms in total. The zero-order valence-electron chi connectivity index (χ0n) is 9.53. The summed E-state index contributed by atoms with van der Waals surface area (Å²) in [6, 6.07) is 3.99. The van der Waals surface area contributed by atoms with Crippen LogP contribution in [0.25, 0.3) is 10.7 Å². The number of hydrogen-bond acceptors (Lipinski definition) is 5. The summed E-state index contributed by atoms with van der Waals surface area (Å²) >= 11 is 5.09. The molecule has 2 aromatic heterocycles. The molecule has 2 aromatic rings. The van der Waals surface area contributed by atoms with Crippen LogP contribution in [0.15, 0.2) is 22.0 Å². The quantitative estimate of drug-likeness (QED) is 0.942. The van der Waals surface area contributed by atoms with Gasteiger partial charge in [-0.1, -0.05) is 6.07 Å². The van der Waals surface area contributed by atoms with Crippen LogP contribution in [0.4, 0.5) is 5.82 Å². The van der Waals surface area contributed by atoms with E-state index in [1.54, 1.807) is 18.4 Å². The fraction of sp³-hybridized carbons (Fsp3) is 0.273. The lowest BCUT2D eigenvalue weighted by Crippen LogP contribution is -2.03. The molecule has 2 heterocycles. The van der Waals surface area contributed by atoms with Crippen LogP contribution in [0.2, 0.25) is 0 Å². The van der Waals surface area contributed by atoms with Crippen LogP contribution >= 0.6 is 27.3 Å². The molecule has 0 radical (unpaired) electrons. The number of thiophene rings is 1. The highest BCUT2D eigenvalue weighted by atomic mass is 79.9. The van der Waals surface area contributed by atoms with E-state index in [-0.39, 0.29) is 0 Å². The minimum Gasteiger partial charge on any atom is -0.378 e. The van der Waals surface area contributed by atoms with Crippen LogP contribution < -0.4 is 5.32 Å². The van der Waals surface area contributed by atoms with Crippen LogP contribution in [0, 0.1) is 0 Å². The van der Waals surface area contributed by atoms with Gasteiger partial charge in [0.25, 0.3) is 0 Å². The Balaban J connectivity index is 2.50. The number of aromatic nitrogens is 2. The molecule has 0 aromatic carbocycles. The average Bonchev–Trinajstić information content (AvgIpc) is 2.85. The molecular weight excluding hydrogens is 302 g/mol. The van der Waals surface area contributed by atoms with E-state index in [0.29, 0.717) is 6.61 Å². The lowest BCUT2D eigenvalue weighted by molar-refractivity contribution is 0.181. The van der Waals surface area contributed by atoms with E-state index in [9.17, 15) is 0 Å². The van der Waals surface area contributed by atoms with Crippen molar-refractivity contribution in [1.82, 2.24) is 9.97 Å². The van der Waals surface area contributed by atoms with Crippen molar-refractivity contribution < 1.29 is 4.74 Å². The van der Waals surface area contributed by atoms with Crippen molar-refractivity contribution in [3.05, 3.63) is 27.7 Å². The second-order valence-corrected chi connectivity index (χ2v) is 5.06. The van der Waals surface area contributed by atoms with Crippen molar-refractivity contribution in [3.63, 3.8) is 0 Å². The second kappa shape index (κ2) is 5.57. The van der Waals surface area contributed by atoms with Gasteiger partial charge in [-0.25, -0.2) is 9.97 Å². The standard InChI is InChI=1S/C11H12BrN3OS/c1-13-11-9(12)7(6-16-2)14-10(15-11)8-4-3-5-17-8/h3-5H,6H2,1-2H3,(H,13,14,15). The molecule has 0 spiro atoms. The van der Waals surface area contributed by atoms with Gasteiger partial charge in [-0.15, -0.1) is 11.3 Å². The molecule has 0 aliphatic carbocycles. The molecule has 0 bridgehead atoms. The molecule has 0 atom stereocenters. The molecule has 1 N–H and O–H groups in total. The molecule has 0 saturated carbocycles. The van der Waals surface area contributed by atoms with Gasteiger partial charge in [0.1, 0.15) is 5.82 Å². The number of anilines is 1. The van der Waals surface area contributed by atoms with Crippen LogP contribution in [-0.4, -0.2) is 24.1 Å². The first-order valence-electron chi connectivity index (χ1n) is 5.03. The Kier molecular flexibility index (Phi) is 4.09. The molecule has 0 fully saturated rings. The highest BCUT2D eigenvalue weighted by Crippen LogP contribution is 2.29. The van der Waals surface area contributed by atoms with Gasteiger partial charge in [0.05, 0.1) is 21.7 Å². The first kappa shape index (κ1) is 12.5. The van der Waals surface area contributed by atoms with Crippen LogP contribution in [-0.2, 0) is 11.3 Å². The number of ether oxygens (including phenoxy) is 1. The van der Waals surface area contributed by atoms with E-state index in [4.69, 9.17) is 4.74 Å². The van der Waals surface area contributed by atoms with Gasteiger partial charge >= 0.3 is 0 Å². The number of nitrogens with zero attached hydrogens (tertiary/aromatic N) is 2. The average molecular weight is 314 g/mol. The lowest BCUT2D eigenvalue weighted by atomic mass is 10.3. The van der Waals surface area contributed by atoms with Gasteiger partial charge in [-0.05, 0) is 27.4 Å². The molecule has 90 valence electrons. The molecule has 6 heteroatoms. The van der Waals surface area contributed by atoms with Crippen molar-refractivity contribution in [2.75, 3.05) is 19.5 Å². The largest absolute Gasteiger partial charge is 0.378 e. The summed E-state index contributed by atoms with van der Waals surface area (Å²) in [5, 5.41) is 5.06. The SMILES string of the molecule is CNc1nc(-c2cccs2)nc(COC)c1Br. The maximum absolute atomic E-state index is 5.14. The molecular formula is C11H12BrN3OS. The number of hydrogen-bond donors (Lipinski definition) is 1. The minimum atomic E-state index is 0.455. The van der Waals surface area contributed by atoms with Crippen molar-refractivity contribution in [2.45, 2.75) is 6.61 Å². The summed E-state index contributed by atoms with van der Waals surface area (Å²) in [5.74, 6) is 1.50. The molecule has 0 amide bonds. The first-order chi connectivity index (χ1) is 8.26. The van der Waals surface area contributed by atoms with Crippen LogP contribution in [0.1, 0.15) is 5.69 Å². The van der Waals surface area contributed by atoms with Gasteiger partial charge in [0.15, 0.2) is 5.82 Å². The zero-order valence-corrected chi connectivity index (χ0v) is 11.9. The highest BCUT2D eigenvalue weighted by Gasteiger charge is 2.12. The molecule has 0 unspecified atom stereocenters. The number of rotatable bonds is 4. The summed E-state index contributed by atoms with van der Waals surface area (Å²) < 4.78 is 5.99. The summed E-state index contributed by atoms with van der Waals surface area (Å²) in [6.07, 6.45) is 0. The van der Waals surface area contributed by atoms with E-state index >= 15 is 0 Å². The predicted octanol–water partition coefficient (Wildman–Crippen LogP) is 3.16. The number of halogens is 1. The summed E-state index contributed by atoms with van der Waals surface area (Å²) in [5.41, 5.74) is 0.843. The van der Waals surface area contributed by atoms with Crippen molar-refractivity contribution in [3.8, 4) is 10.7 Å². The molecule has 17 heavy (non-hydrogen) atoms. The zero-order chi connectivity index (χ0) is 12.3. The molecule has 0 aliphatic rings. The Bertz CT molecular complexity index is 502. The van der Waals surface area contributed by atoms with E-state index in [0.717, 1.165) is 26.7 Å². The fourth-order valence-corrected chi connectivity index (χ4v) is 2.56.